The number of benzene rings is 1. The predicted molar refractivity (Wildman–Crippen MR) is 69.5 cm³/mol. The molecule has 96 valence electrons. The van der Waals surface area contributed by atoms with E-state index in [0.717, 1.165) is 16.8 Å². The van der Waals surface area contributed by atoms with E-state index in [-0.39, 0.29) is 6.54 Å². The van der Waals surface area contributed by atoms with Gasteiger partial charge in [0, 0.05) is 11.8 Å². The van der Waals surface area contributed by atoms with Gasteiger partial charge in [0.1, 0.15) is 0 Å². The lowest BCUT2D eigenvalue weighted by Gasteiger charge is -2.02. The fourth-order valence-corrected chi connectivity index (χ4v) is 1.80. The molecule has 1 aromatic carbocycles. The minimum atomic E-state index is 0.241. The highest BCUT2D eigenvalue weighted by atomic mass is 16.5. The Labute approximate surface area is 109 Å². The highest BCUT2D eigenvalue weighted by Gasteiger charge is 2.08. The maximum atomic E-state index is 5.45. The van der Waals surface area contributed by atoms with Crippen molar-refractivity contribution in [3.05, 3.63) is 48.1 Å². The van der Waals surface area contributed by atoms with Gasteiger partial charge in [0.15, 0.2) is 0 Å². The molecule has 0 saturated heterocycles. The van der Waals surface area contributed by atoms with Crippen molar-refractivity contribution in [1.82, 2.24) is 19.9 Å². The number of nitrogens with two attached hydrogens (primary N) is 1. The van der Waals surface area contributed by atoms with Crippen molar-refractivity contribution in [2.75, 3.05) is 0 Å². The van der Waals surface area contributed by atoms with Crippen LogP contribution in [-0.2, 0) is 6.54 Å². The molecule has 0 aliphatic heterocycles. The van der Waals surface area contributed by atoms with E-state index >= 15 is 0 Å². The van der Waals surface area contributed by atoms with Crippen molar-refractivity contribution in [3.63, 3.8) is 0 Å². The van der Waals surface area contributed by atoms with Crippen LogP contribution in [0.5, 0.6) is 0 Å². The van der Waals surface area contributed by atoms with Gasteiger partial charge in [0.2, 0.25) is 11.7 Å². The molecule has 2 heterocycles. The normalized spacial score (nSPS) is 10.8. The minimum absolute atomic E-state index is 0.241. The van der Waals surface area contributed by atoms with E-state index in [1.54, 1.807) is 0 Å². The molecule has 0 unspecified atom stereocenters. The van der Waals surface area contributed by atoms with Crippen molar-refractivity contribution in [3.8, 4) is 17.1 Å². The Hall–Kier alpha value is -2.47. The fraction of sp³-hybridized carbons (Fsp3) is 0.154. The third-order valence-corrected chi connectivity index (χ3v) is 2.72. The molecule has 0 saturated carbocycles. The standard InChI is InChI=1S/C13H13N5O/c1-9-7-15-18(8-9)11-4-2-3-10(5-11)13-16-12(6-14)19-17-13/h2-5,7-8H,6,14H2,1H3. The highest BCUT2D eigenvalue weighted by Crippen LogP contribution is 2.19. The first kappa shape index (κ1) is 11.6. The van der Waals surface area contributed by atoms with Gasteiger partial charge in [-0.1, -0.05) is 17.3 Å². The maximum Gasteiger partial charge on any atom is 0.240 e. The number of aryl methyl sites for hydroxylation is 1. The molecule has 6 heteroatoms. The van der Waals surface area contributed by atoms with Crippen LogP contribution in [0.2, 0.25) is 0 Å². The van der Waals surface area contributed by atoms with E-state index in [2.05, 4.69) is 15.2 Å². The number of aromatic nitrogens is 4. The molecule has 0 aliphatic carbocycles. The van der Waals surface area contributed by atoms with Gasteiger partial charge < -0.3 is 10.3 Å². The zero-order valence-corrected chi connectivity index (χ0v) is 10.4. The first-order valence-electron chi connectivity index (χ1n) is 5.91. The van der Waals surface area contributed by atoms with Crippen molar-refractivity contribution in [2.24, 2.45) is 5.73 Å². The summed E-state index contributed by atoms with van der Waals surface area (Å²) in [4.78, 5) is 4.21. The molecular weight excluding hydrogens is 242 g/mol. The van der Waals surface area contributed by atoms with Crippen LogP contribution < -0.4 is 5.73 Å². The second-order valence-corrected chi connectivity index (χ2v) is 4.23. The van der Waals surface area contributed by atoms with Gasteiger partial charge in [-0.3, -0.25) is 0 Å². The Morgan fingerprint density at radius 1 is 1.37 bits per heavy atom. The van der Waals surface area contributed by atoms with Gasteiger partial charge in [0.25, 0.3) is 0 Å². The summed E-state index contributed by atoms with van der Waals surface area (Å²) in [7, 11) is 0. The Morgan fingerprint density at radius 3 is 2.95 bits per heavy atom. The molecular formula is C13H13N5O. The van der Waals surface area contributed by atoms with E-state index in [0.29, 0.717) is 11.7 Å². The largest absolute Gasteiger partial charge is 0.338 e. The van der Waals surface area contributed by atoms with Crippen molar-refractivity contribution in [2.45, 2.75) is 13.5 Å². The smallest absolute Gasteiger partial charge is 0.240 e. The summed E-state index contributed by atoms with van der Waals surface area (Å²) in [5.74, 6) is 0.960. The Morgan fingerprint density at radius 2 is 2.26 bits per heavy atom. The molecule has 3 aromatic rings. The molecule has 0 radical (unpaired) electrons. The average Bonchev–Trinajstić information content (AvgIpc) is 3.07. The van der Waals surface area contributed by atoms with Gasteiger partial charge in [-0.05, 0) is 24.6 Å². The first-order chi connectivity index (χ1) is 9.26. The molecule has 0 fully saturated rings. The molecule has 3 rings (SSSR count). The molecule has 0 amide bonds. The second-order valence-electron chi connectivity index (χ2n) is 4.23. The molecule has 0 bridgehead atoms. The molecule has 0 atom stereocenters. The van der Waals surface area contributed by atoms with Gasteiger partial charge in [-0.2, -0.15) is 10.1 Å². The topological polar surface area (TPSA) is 82.8 Å². The van der Waals surface area contributed by atoms with Crippen LogP contribution >= 0.6 is 0 Å². The predicted octanol–water partition coefficient (Wildman–Crippen LogP) is 1.69. The number of hydrogen-bond donors (Lipinski definition) is 1. The van der Waals surface area contributed by atoms with Crippen molar-refractivity contribution in [1.29, 1.82) is 0 Å². The Bertz CT molecular complexity index is 700. The lowest BCUT2D eigenvalue weighted by atomic mass is 10.2. The number of nitrogens with zero attached hydrogens (tertiary/aromatic N) is 4. The average molecular weight is 255 g/mol. The lowest BCUT2D eigenvalue weighted by Crippen LogP contribution is -1.96. The first-order valence-corrected chi connectivity index (χ1v) is 5.91. The van der Waals surface area contributed by atoms with Crippen LogP contribution in [0.25, 0.3) is 17.1 Å². The van der Waals surface area contributed by atoms with E-state index < -0.39 is 0 Å². The molecule has 0 aliphatic rings. The number of rotatable bonds is 3. The second kappa shape index (κ2) is 4.66. The van der Waals surface area contributed by atoms with E-state index in [4.69, 9.17) is 10.3 Å². The third kappa shape index (κ3) is 2.25. The zero-order valence-electron chi connectivity index (χ0n) is 10.4. The maximum absolute atomic E-state index is 5.45. The molecule has 0 spiro atoms. The summed E-state index contributed by atoms with van der Waals surface area (Å²) in [6.07, 6.45) is 3.77. The van der Waals surface area contributed by atoms with Crippen LogP contribution in [0.3, 0.4) is 0 Å². The number of hydrogen-bond acceptors (Lipinski definition) is 5. The van der Waals surface area contributed by atoms with Gasteiger partial charge >= 0.3 is 0 Å². The summed E-state index contributed by atoms with van der Waals surface area (Å²) in [5, 5.41) is 8.18. The van der Waals surface area contributed by atoms with E-state index in [9.17, 15) is 0 Å². The van der Waals surface area contributed by atoms with Crippen LogP contribution in [0.4, 0.5) is 0 Å². The SMILES string of the molecule is Cc1cnn(-c2cccc(-c3noc(CN)n3)c2)c1. The van der Waals surface area contributed by atoms with Gasteiger partial charge in [-0.15, -0.1) is 0 Å². The third-order valence-electron chi connectivity index (χ3n) is 2.72. The summed E-state index contributed by atoms with van der Waals surface area (Å²) < 4.78 is 6.82. The lowest BCUT2D eigenvalue weighted by molar-refractivity contribution is 0.380. The Balaban J connectivity index is 2.00. The summed E-state index contributed by atoms with van der Waals surface area (Å²) in [5.41, 5.74) is 8.38. The molecule has 2 aromatic heterocycles. The van der Waals surface area contributed by atoms with Gasteiger partial charge in [-0.25, -0.2) is 4.68 Å². The zero-order chi connectivity index (χ0) is 13.2. The van der Waals surface area contributed by atoms with Crippen LogP contribution in [0, 0.1) is 6.92 Å². The van der Waals surface area contributed by atoms with Crippen LogP contribution in [-0.4, -0.2) is 19.9 Å². The van der Waals surface area contributed by atoms with E-state index in [1.807, 2.05) is 48.3 Å². The van der Waals surface area contributed by atoms with E-state index in [1.165, 1.54) is 0 Å². The summed E-state index contributed by atoms with van der Waals surface area (Å²) in [6.45, 7) is 2.24. The van der Waals surface area contributed by atoms with Crippen LogP contribution in [0.15, 0.2) is 41.2 Å². The minimum Gasteiger partial charge on any atom is -0.338 e. The fourth-order valence-electron chi connectivity index (χ4n) is 1.80. The highest BCUT2D eigenvalue weighted by molar-refractivity contribution is 5.58. The van der Waals surface area contributed by atoms with Crippen molar-refractivity contribution < 1.29 is 4.52 Å². The summed E-state index contributed by atoms with van der Waals surface area (Å²) in [6, 6.07) is 7.78. The summed E-state index contributed by atoms with van der Waals surface area (Å²) >= 11 is 0. The van der Waals surface area contributed by atoms with Gasteiger partial charge in [0.05, 0.1) is 18.4 Å². The molecule has 6 nitrogen and oxygen atoms in total. The van der Waals surface area contributed by atoms with Crippen LogP contribution in [0.1, 0.15) is 11.5 Å². The molecule has 2 N–H and O–H groups in total. The Kier molecular flexibility index (Phi) is 2.85. The molecule has 19 heavy (non-hydrogen) atoms. The quantitative estimate of drug-likeness (QED) is 0.770. The van der Waals surface area contributed by atoms with Crippen molar-refractivity contribution >= 4 is 0 Å². The monoisotopic (exact) mass is 255 g/mol.